The van der Waals surface area contributed by atoms with Crippen LogP contribution in [0.25, 0.3) is 22.8 Å². The molecule has 4 rings (SSSR count). The van der Waals surface area contributed by atoms with Crippen LogP contribution < -0.4 is 15.0 Å². The number of methoxy groups -OCH3 is 2. The predicted octanol–water partition coefficient (Wildman–Crippen LogP) is 3.03. The SMILES string of the molecule is COc1ccc(-c2noc(-c3ccc(=O)n(Cc4ccccn4)c3)n2)cc1OC. The van der Waals surface area contributed by atoms with Gasteiger partial charge >= 0.3 is 0 Å². The van der Waals surface area contributed by atoms with E-state index in [0.717, 1.165) is 11.3 Å². The van der Waals surface area contributed by atoms with E-state index in [-0.39, 0.29) is 5.56 Å². The molecule has 0 amide bonds. The first-order valence-electron chi connectivity index (χ1n) is 8.85. The molecular weight excluding hydrogens is 372 g/mol. The second kappa shape index (κ2) is 7.97. The van der Waals surface area contributed by atoms with Gasteiger partial charge in [-0.1, -0.05) is 11.2 Å². The molecule has 8 heteroatoms. The largest absolute Gasteiger partial charge is 0.493 e. The van der Waals surface area contributed by atoms with Crippen molar-refractivity contribution in [2.24, 2.45) is 0 Å². The first-order chi connectivity index (χ1) is 14.2. The lowest BCUT2D eigenvalue weighted by molar-refractivity contribution is 0.355. The van der Waals surface area contributed by atoms with Crippen LogP contribution in [0.5, 0.6) is 11.5 Å². The van der Waals surface area contributed by atoms with E-state index in [1.54, 1.807) is 49.4 Å². The van der Waals surface area contributed by atoms with E-state index in [1.165, 1.54) is 6.07 Å². The first-order valence-corrected chi connectivity index (χ1v) is 8.85. The first kappa shape index (κ1) is 18.4. The fraction of sp³-hybridized carbons (Fsp3) is 0.143. The van der Waals surface area contributed by atoms with E-state index in [0.29, 0.717) is 35.3 Å². The maximum atomic E-state index is 12.2. The van der Waals surface area contributed by atoms with Gasteiger partial charge in [-0.2, -0.15) is 4.98 Å². The number of pyridine rings is 2. The number of hydrogen-bond acceptors (Lipinski definition) is 7. The van der Waals surface area contributed by atoms with Gasteiger partial charge in [0.1, 0.15) is 0 Å². The van der Waals surface area contributed by atoms with Crippen LogP contribution in [0.3, 0.4) is 0 Å². The van der Waals surface area contributed by atoms with Gasteiger partial charge in [-0.15, -0.1) is 0 Å². The van der Waals surface area contributed by atoms with Gasteiger partial charge in [-0.3, -0.25) is 9.78 Å². The molecule has 146 valence electrons. The van der Waals surface area contributed by atoms with E-state index >= 15 is 0 Å². The summed E-state index contributed by atoms with van der Waals surface area (Å²) < 4.78 is 17.5. The molecule has 3 aromatic heterocycles. The van der Waals surface area contributed by atoms with E-state index in [1.807, 2.05) is 24.3 Å². The molecule has 0 saturated carbocycles. The van der Waals surface area contributed by atoms with Crippen molar-refractivity contribution in [3.8, 4) is 34.3 Å². The Morgan fingerprint density at radius 1 is 1.00 bits per heavy atom. The third kappa shape index (κ3) is 3.86. The summed E-state index contributed by atoms with van der Waals surface area (Å²) >= 11 is 0. The Balaban J connectivity index is 1.65. The average Bonchev–Trinajstić information content (AvgIpc) is 3.26. The molecule has 0 atom stereocenters. The van der Waals surface area contributed by atoms with Gasteiger partial charge in [0.15, 0.2) is 11.5 Å². The zero-order valence-corrected chi connectivity index (χ0v) is 15.9. The molecule has 0 unspecified atom stereocenters. The smallest absolute Gasteiger partial charge is 0.259 e. The quantitative estimate of drug-likeness (QED) is 0.500. The second-order valence-corrected chi connectivity index (χ2v) is 6.20. The van der Waals surface area contributed by atoms with E-state index < -0.39 is 0 Å². The Hall–Kier alpha value is -3.94. The summed E-state index contributed by atoms with van der Waals surface area (Å²) in [7, 11) is 3.14. The summed E-state index contributed by atoms with van der Waals surface area (Å²) in [5.41, 5.74) is 2.00. The molecule has 0 aliphatic rings. The average molecular weight is 390 g/mol. The number of ether oxygens (including phenoxy) is 2. The van der Waals surface area contributed by atoms with Crippen molar-refractivity contribution in [3.63, 3.8) is 0 Å². The minimum absolute atomic E-state index is 0.140. The Labute approximate surface area is 166 Å². The van der Waals surface area contributed by atoms with E-state index in [4.69, 9.17) is 14.0 Å². The molecule has 0 aliphatic heterocycles. The fourth-order valence-electron chi connectivity index (χ4n) is 2.88. The molecule has 0 N–H and O–H groups in total. The molecule has 0 fully saturated rings. The minimum Gasteiger partial charge on any atom is -0.493 e. The highest BCUT2D eigenvalue weighted by Crippen LogP contribution is 2.31. The van der Waals surface area contributed by atoms with Crippen molar-refractivity contribution in [2.45, 2.75) is 6.54 Å². The van der Waals surface area contributed by atoms with Gasteiger partial charge in [-0.05, 0) is 36.4 Å². The molecule has 29 heavy (non-hydrogen) atoms. The number of nitrogens with zero attached hydrogens (tertiary/aromatic N) is 4. The Morgan fingerprint density at radius 2 is 1.83 bits per heavy atom. The summed E-state index contributed by atoms with van der Waals surface area (Å²) in [5, 5.41) is 4.05. The summed E-state index contributed by atoms with van der Waals surface area (Å²) in [4.78, 5) is 20.9. The zero-order chi connectivity index (χ0) is 20.2. The maximum Gasteiger partial charge on any atom is 0.259 e. The van der Waals surface area contributed by atoms with Gasteiger partial charge in [0.05, 0.1) is 32.0 Å². The van der Waals surface area contributed by atoms with E-state index in [2.05, 4.69) is 15.1 Å². The lowest BCUT2D eigenvalue weighted by atomic mass is 10.2. The zero-order valence-electron chi connectivity index (χ0n) is 15.9. The number of hydrogen-bond donors (Lipinski definition) is 0. The molecule has 0 spiro atoms. The van der Waals surface area contributed by atoms with Crippen molar-refractivity contribution in [1.82, 2.24) is 19.7 Å². The molecule has 0 radical (unpaired) electrons. The highest BCUT2D eigenvalue weighted by Gasteiger charge is 2.14. The van der Waals surface area contributed by atoms with Crippen LogP contribution >= 0.6 is 0 Å². The molecule has 0 saturated heterocycles. The molecule has 8 nitrogen and oxygen atoms in total. The van der Waals surface area contributed by atoms with Crippen LogP contribution in [0.1, 0.15) is 5.69 Å². The van der Waals surface area contributed by atoms with Crippen molar-refractivity contribution < 1.29 is 14.0 Å². The molecule has 0 aliphatic carbocycles. The van der Waals surface area contributed by atoms with Crippen LogP contribution in [0.2, 0.25) is 0 Å². The molecule has 1 aromatic carbocycles. The summed E-state index contributed by atoms with van der Waals surface area (Å²) in [6.07, 6.45) is 3.38. The minimum atomic E-state index is -0.140. The molecule has 0 bridgehead atoms. The second-order valence-electron chi connectivity index (χ2n) is 6.20. The number of rotatable bonds is 6. The number of benzene rings is 1. The highest BCUT2D eigenvalue weighted by atomic mass is 16.5. The third-order valence-electron chi connectivity index (χ3n) is 4.36. The Kier molecular flexibility index (Phi) is 5.07. The predicted molar refractivity (Wildman–Crippen MR) is 106 cm³/mol. The topological polar surface area (TPSA) is 92.3 Å². The van der Waals surface area contributed by atoms with Crippen molar-refractivity contribution in [2.75, 3.05) is 14.2 Å². The van der Waals surface area contributed by atoms with Crippen LogP contribution in [-0.4, -0.2) is 33.9 Å². The Bertz CT molecular complexity index is 1180. The van der Waals surface area contributed by atoms with Crippen LogP contribution in [0.15, 0.2) is 70.2 Å². The van der Waals surface area contributed by atoms with Gasteiger partial charge in [0.25, 0.3) is 11.4 Å². The maximum absolute atomic E-state index is 12.2. The van der Waals surface area contributed by atoms with Crippen LogP contribution in [0, 0.1) is 0 Å². The van der Waals surface area contributed by atoms with Gasteiger partial charge in [0, 0.05) is 24.0 Å². The van der Waals surface area contributed by atoms with Crippen molar-refractivity contribution in [3.05, 3.63) is 77.0 Å². The summed E-state index contributed by atoms with van der Waals surface area (Å²) in [5.74, 6) is 1.90. The fourth-order valence-corrected chi connectivity index (χ4v) is 2.88. The Morgan fingerprint density at radius 3 is 2.59 bits per heavy atom. The van der Waals surface area contributed by atoms with Crippen LogP contribution in [-0.2, 0) is 6.54 Å². The van der Waals surface area contributed by atoms with E-state index in [9.17, 15) is 4.79 Å². The van der Waals surface area contributed by atoms with Crippen molar-refractivity contribution >= 4 is 0 Å². The van der Waals surface area contributed by atoms with Gasteiger partial charge < -0.3 is 18.6 Å². The summed E-state index contributed by atoms with van der Waals surface area (Å²) in [6, 6.07) is 14.1. The van der Waals surface area contributed by atoms with Crippen molar-refractivity contribution in [1.29, 1.82) is 0 Å². The molecule has 3 heterocycles. The third-order valence-corrected chi connectivity index (χ3v) is 4.36. The molecule has 4 aromatic rings. The molecular formula is C21H18N4O4. The standard InChI is InChI=1S/C21H18N4O4/c1-27-17-8-6-14(11-18(17)28-2)20-23-21(29-24-20)15-7-9-19(26)25(12-15)13-16-5-3-4-10-22-16/h3-12H,13H2,1-2H3. The highest BCUT2D eigenvalue weighted by molar-refractivity contribution is 5.63. The van der Waals surface area contributed by atoms with Gasteiger partial charge in [0.2, 0.25) is 5.82 Å². The lowest BCUT2D eigenvalue weighted by Crippen LogP contribution is -2.19. The normalized spacial score (nSPS) is 10.7. The number of aromatic nitrogens is 4. The summed E-state index contributed by atoms with van der Waals surface area (Å²) in [6.45, 7) is 0.351. The van der Waals surface area contributed by atoms with Crippen LogP contribution in [0.4, 0.5) is 0 Å². The lowest BCUT2D eigenvalue weighted by Gasteiger charge is -2.07. The van der Waals surface area contributed by atoms with Gasteiger partial charge in [-0.25, -0.2) is 0 Å². The monoisotopic (exact) mass is 390 g/mol.